The van der Waals surface area contributed by atoms with Crippen LogP contribution in [0.15, 0.2) is 71.2 Å². The van der Waals surface area contributed by atoms with Crippen molar-refractivity contribution in [1.29, 1.82) is 0 Å². The van der Waals surface area contributed by atoms with Gasteiger partial charge in [0.15, 0.2) is 5.78 Å². The lowest BCUT2D eigenvalue weighted by atomic mass is 10.1. The van der Waals surface area contributed by atoms with Crippen molar-refractivity contribution in [2.75, 3.05) is 6.61 Å². The predicted octanol–water partition coefficient (Wildman–Crippen LogP) is 7.56. The Balaban J connectivity index is 1.50. The van der Waals surface area contributed by atoms with Crippen molar-refractivity contribution >= 4 is 52.0 Å². The van der Waals surface area contributed by atoms with Gasteiger partial charge in [0.25, 0.3) is 0 Å². The molecule has 172 valence electrons. The molecule has 0 bridgehead atoms. The van der Waals surface area contributed by atoms with Crippen LogP contribution >= 0.6 is 23.2 Å². The van der Waals surface area contributed by atoms with Crippen molar-refractivity contribution in [2.45, 2.75) is 13.8 Å². The van der Waals surface area contributed by atoms with Gasteiger partial charge in [0.05, 0.1) is 6.61 Å². The molecule has 0 radical (unpaired) electrons. The van der Waals surface area contributed by atoms with Crippen molar-refractivity contribution in [3.8, 4) is 11.5 Å². The Hall–Kier alpha value is -3.54. The Morgan fingerprint density at radius 2 is 1.65 bits per heavy atom. The lowest BCUT2D eigenvalue weighted by Crippen LogP contribution is -2.09. The molecule has 0 aliphatic heterocycles. The first-order valence-corrected chi connectivity index (χ1v) is 11.3. The summed E-state index contributed by atoms with van der Waals surface area (Å²) in [6.45, 7) is 4.10. The smallest absolute Gasteiger partial charge is 0.347 e. The number of hydrogen-bond donors (Lipinski definition) is 0. The molecule has 1 heterocycles. The number of ether oxygens (including phenoxy) is 2. The number of benzene rings is 3. The molecule has 0 aliphatic rings. The van der Waals surface area contributed by atoms with Crippen LogP contribution in [0, 0.1) is 6.92 Å². The van der Waals surface area contributed by atoms with Gasteiger partial charge < -0.3 is 13.9 Å². The fourth-order valence-corrected chi connectivity index (χ4v) is 4.00. The minimum atomic E-state index is -0.558. The Morgan fingerprint density at radius 1 is 0.971 bits per heavy atom. The summed E-state index contributed by atoms with van der Waals surface area (Å²) in [5, 5.41) is 1.52. The fourth-order valence-electron chi connectivity index (χ4n) is 3.48. The molecule has 1 aromatic heterocycles. The topological polar surface area (TPSA) is 65.7 Å². The summed E-state index contributed by atoms with van der Waals surface area (Å²) in [4.78, 5) is 25.4. The van der Waals surface area contributed by atoms with Crippen LogP contribution in [0.2, 0.25) is 10.0 Å². The highest BCUT2D eigenvalue weighted by atomic mass is 35.5. The van der Waals surface area contributed by atoms with Gasteiger partial charge in [-0.3, -0.25) is 4.79 Å². The van der Waals surface area contributed by atoms with Gasteiger partial charge in [0.2, 0.25) is 0 Å². The highest BCUT2D eigenvalue weighted by Gasteiger charge is 2.21. The van der Waals surface area contributed by atoms with Crippen LogP contribution in [0.1, 0.15) is 39.0 Å². The molecule has 0 saturated carbocycles. The summed E-state index contributed by atoms with van der Waals surface area (Å²) in [5.41, 5.74) is 1.89. The minimum Gasteiger partial charge on any atom is -0.494 e. The third-order valence-electron chi connectivity index (χ3n) is 5.10. The molecule has 0 spiro atoms. The number of carbonyl (C=O) groups is 2. The van der Waals surface area contributed by atoms with E-state index in [1.165, 1.54) is 6.08 Å². The van der Waals surface area contributed by atoms with Gasteiger partial charge in [-0.05, 0) is 80.6 Å². The van der Waals surface area contributed by atoms with E-state index < -0.39 is 5.97 Å². The third kappa shape index (κ3) is 5.01. The summed E-state index contributed by atoms with van der Waals surface area (Å²) >= 11 is 12.3. The molecule has 5 nitrogen and oxygen atoms in total. The van der Waals surface area contributed by atoms with Gasteiger partial charge in [-0.1, -0.05) is 29.3 Å². The average molecular weight is 495 g/mol. The van der Waals surface area contributed by atoms with Crippen molar-refractivity contribution in [3.63, 3.8) is 0 Å². The Bertz CT molecular complexity index is 1380. The van der Waals surface area contributed by atoms with Crippen LogP contribution in [0.25, 0.3) is 17.0 Å². The van der Waals surface area contributed by atoms with E-state index in [2.05, 4.69) is 0 Å². The molecule has 4 rings (SSSR count). The van der Waals surface area contributed by atoms with E-state index in [9.17, 15) is 9.59 Å². The number of rotatable bonds is 7. The van der Waals surface area contributed by atoms with Crippen LogP contribution in [0.5, 0.6) is 11.5 Å². The number of halogens is 2. The van der Waals surface area contributed by atoms with E-state index in [0.717, 1.165) is 0 Å². The maximum atomic E-state index is 12.9. The lowest BCUT2D eigenvalue weighted by molar-refractivity contribution is 0.0734. The number of esters is 1. The summed E-state index contributed by atoms with van der Waals surface area (Å²) < 4.78 is 16.8. The van der Waals surface area contributed by atoms with E-state index >= 15 is 0 Å². The molecule has 4 aromatic rings. The molecule has 0 saturated heterocycles. The number of furan rings is 1. The highest BCUT2D eigenvalue weighted by Crippen LogP contribution is 2.30. The van der Waals surface area contributed by atoms with Crippen molar-refractivity contribution < 1.29 is 23.5 Å². The largest absolute Gasteiger partial charge is 0.494 e. The predicted molar refractivity (Wildman–Crippen MR) is 133 cm³/mol. The molecule has 0 amide bonds. The molecule has 0 atom stereocenters. The van der Waals surface area contributed by atoms with E-state index in [1.807, 2.05) is 6.92 Å². The van der Waals surface area contributed by atoms with Gasteiger partial charge in [0, 0.05) is 26.6 Å². The van der Waals surface area contributed by atoms with Crippen LogP contribution in [0.4, 0.5) is 0 Å². The molecule has 0 aliphatic carbocycles. The maximum Gasteiger partial charge on any atom is 0.347 e. The number of aryl methyl sites for hydroxylation is 1. The minimum absolute atomic E-state index is 0.242. The Morgan fingerprint density at radius 3 is 2.32 bits per heavy atom. The quantitative estimate of drug-likeness (QED) is 0.115. The van der Waals surface area contributed by atoms with E-state index in [4.69, 9.17) is 37.1 Å². The first-order chi connectivity index (χ1) is 16.4. The van der Waals surface area contributed by atoms with Gasteiger partial charge in [-0.25, -0.2) is 4.79 Å². The zero-order chi connectivity index (χ0) is 24.2. The first-order valence-electron chi connectivity index (χ1n) is 10.5. The highest BCUT2D eigenvalue weighted by molar-refractivity contribution is 6.37. The van der Waals surface area contributed by atoms with Crippen LogP contribution < -0.4 is 9.47 Å². The normalized spacial score (nSPS) is 11.2. The van der Waals surface area contributed by atoms with Gasteiger partial charge >= 0.3 is 5.97 Å². The number of hydrogen-bond acceptors (Lipinski definition) is 5. The monoisotopic (exact) mass is 494 g/mol. The molecule has 0 fully saturated rings. The standard InChI is InChI=1S/C27H20Cl2O5/c1-3-32-19-11-14-25-21(15-19)26(16(2)33-25)27(31)34-18-9-7-17(8-10-18)24(30)13-12-20-22(28)5-4-6-23(20)29/h4-15H,3H2,1-2H3. The van der Waals surface area contributed by atoms with Gasteiger partial charge in [-0.2, -0.15) is 0 Å². The molecule has 3 aromatic carbocycles. The van der Waals surface area contributed by atoms with Crippen molar-refractivity contribution in [3.05, 3.63) is 99.2 Å². The summed E-state index contributed by atoms with van der Waals surface area (Å²) in [5.74, 6) is 0.586. The van der Waals surface area contributed by atoms with Crippen molar-refractivity contribution in [2.24, 2.45) is 0 Å². The number of allylic oxidation sites excluding steroid dienone is 1. The lowest BCUT2D eigenvalue weighted by Gasteiger charge is -2.06. The second kappa shape index (κ2) is 10.2. The SMILES string of the molecule is CCOc1ccc2oc(C)c(C(=O)Oc3ccc(C(=O)C=Cc4c(Cl)cccc4Cl)cc3)c2c1. The second-order valence-corrected chi connectivity index (χ2v) is 8.19. The molecular weight excluding hydrogens is 475 g/mol. The molecule has 7 heteroatoms. The fraction of sp³-hybridized carbons (Fsp3) is 0.111. The zero-order valence-electron chi connectivity index (χ0n) is 18.4. The summed E-state index contributed by atoms with van der Waals surface area (Å²) in [7, 11) is 0. The number of ketones is 1. The van der Waals surface area contributed by atoms with E-state index in [1.54, 1.807) is 73.7 Å². The van der Waals surface area contributed by atoms with Gasteiger partial charge in [0.1, 0.15) is 28.4 Å². The van der Waals surface area contributed by atoms with Crippen LogP contribution in [-0.4, -0.2) is 18.4 Å². The van der Waals surface area contributed by atoms with Crippen LogP contribution in [0.3, 0.4) is 0 Å². The van der Waals surface area contributed by atoms with E-state index in [-0.39, 0.29) is 5.78 Å². The van der Waals surface area contributed by atoms with Crippen LogP contribution in [-0.2, 0) is 0 Å². The Kier molecular flexibility index (Phi) is 7.06. The molecule has 0 unspecified atom stereocenters. The van der Waals surface area contributed by atoms with Gasteiger partial charge in [-0.15, -0.1) is 0 Å². The average Bonchev–Trinajstić information content (AvgIpc) is 3.14. The first kappa shape index (κ1) is 23.6. The molecule has 0 N–H and O–H groups in total. The van der Waals surface area contributed by atoms with E-state index in [0.29, 0.717) is 61.6 Å². The maximum absolute atomic E-state index is 12.9. The Labute approximate surface area is 206 Å². The third-order valence-corrected chi connectivity index (χ3v) is 5.76. The zero-order valence-corrected chi connectivity index (χ0v) is 19.9. The second-order valence-electron chi connectivity index (χ2n) is 7.37. The van der Waals surface area contributed by atoms with Crippen molar-refractivity contribution in [1.82, 2.24) is 0 Å². The molecule has 34 heavy (non-hydrogen) atoms. The molecular formula is C27H20Cl2O5. The number of fused-ring (bicyclic) bond motifs is 1. The summed E-state index contributed by atoms with van der Waals surface area (Å²) in [6, 6.07) is 16.7. The number of carbonyl (C=O) groups excluding carboxylic acids is 2. The summed E-state index contributed by atoms with van der Waals surface area (Å²) in [6.07, 6.45) is 2.97.